The molecule has 5 rings (SSSR count). The van der Waals surface area contributed by atoms with Crippen LogP contribution in [0.4, 0.5) is 5.82 Å². The van der Waals surface area contributed by atoms with Gasteiger partial charge >= 0.3 is 0 Å². The molecule has 1 atom stereocenters. The van der Waals surface area contributed by atoms with Gasteiger partial charge in [0.25, 0.3) is 0 Å². The molecular weight excluding hydrogens is 392 g/mol. The van der Waals surface area contributed by atoms with E-state index in [1.807, 2.05) is 0 Å². The molecule has 2 aliphatic rings. The van der Waals surface area contributed by atoms with Crippen molar-refractivity contribution in [3.8, 4) is 11.1 Å². The van der Waals surface area contributed by atoms with Gasteiger partial charge in [0.1, 0.15) is 17.2 Å². The van der Waals surface area contributed by atoms with Crippen molar-refractivity contribution in [1.82, 2.24) is 9.97 Å². The van der Waals surface area contributed by atoms with Gasteiger partial charge in [-0.05, 0) is 44.1 Å². The molecule has 0 spiro atoms. The topological polar surface area (TPSA) is 53.7 Å². The lowest BCUT2D eigenvalue weighted by Crippen LogP contribution is -3.11. The second-order valence-corrected chi connectivity index (χ2v) is 9.53. The van der Waals surface area contributed by atoms with E-state index >= 15 is 0 Å². The second kappa shape index (κ2) is 9.00. The Hall–Kier alpha value is -2.02. The highest BCUT2D eigenvalue weighted by Crippen LogP contribution is 2.39. The number of nitrogens with zero attached hydrogens (tertiary/aromatic N) is 3. The van der Waals surface area contributed by atoms with Gasteiger partial charge in [0.2, 0.25) is 0 Å². The highest BCUT2D eigenvalue weighted by atomic mass is 32.1. The Labute approximate surface area is 182 Å². The van der Waals surface area contributed by atoms with E-state index in [-0.39, 0.29) is 12.6 Å². The average Bonchev–Trinajstić information content (AvgIpc) is 3.24. The number of thiophene rings is 1. The molecule has 2 aromatic heterocycles. The molecule has 0 radical (unpaired) electrons. The first-order chi connectivity index (χ1) is 14.8. The predicted octanol–water partition coefficient (Wildman–Crippen LogP) is 3.28. The van der Waals surface area contributed by atoms with E-state index in [1.165, 1.54) is 49.9 Å². The first-order valence-electron chi connectivity index (χ1n) is 11.4. The number of hydrogen-bond donors (Lipinski definition) is 2. The summed E-state index contributed by atoms with van der Waals surface area (Å²) < 4.78 is 0. The van der Waals surface area contributed by atoms with Crippen LogP contribution < -0.4 is 9.80 Å². The molecule has 30 heavy (non-hydrogen) atoms. The fraction of sp³-hybridized carbons (Fsp3) is 0.500. The minimum atomic E-state index is 0.149. The third kappa shape index (κ3) is 3.96. The predicted molar refractivity (Wildman–Crippen MR) is 123 cm³/mol. The summed E-state index contributed by atoms with van der Waals surface area (Å²) in [5, 5.41) is 13.5. The van der Waals surface area contributed by atoms with Crippen LogP contribution in [0.5, 0.6) is 0 Å². The Morgan fingerprint density at radius 1 is 1.03 bits per heavy atom. The van der Waals surface area contributed by atoms with E-state index in [0.717, 1.165) is 47.8 Å². The molecule has 0 amide bonds. The Bertz CT molecular complexity index is 984. The van der Waals surface area contributed by atoms with E-state index in [1.54, 1.807) is 16.2 Å². The molecule has 2 saturated heterocycles. The zero-order valence-corrected chi connectivity index (χ0v) is 18.3. The number of likely N-dealkylation sites (tertiary alicyclic amines) is 1. The van der Waals surface area contributed by atoms with Gasteiger partial charge in [0.15, 0.2) is 5.82 Å². The van der Waals surface area contributed by atoms with Crippen LogP contribution in [0.1, 0.15) is 44.3 Å². The summed E-state index contributed by atoms with van der Waals surface area (Å²) in [6.45, 7) is 4.48. The molecule has 6 heteroatoms. The molecule has 4 heterocycles. The highest BCUT2D eigenvalue weighted by molar-refractivity contribution is 7.17. The largest absolute Gasteiger partial charge is 0.394 e. The van der Waals surface area contributed by atoms with E-state index < -0.39 is 0 Å². The van der Waals surface area contributed by atoms with Crippen molar-refractivity contribution in [2.75, 3.05) is 31.1 Å². The Morgan fingerprint density at radius 3 is 2.67 bits per heavy atom. The van der Waals surface area contributed by atoms with E-state index in [4.69, 9.17) is 9.97 Å². The summed E-state index contributed by atoms with van der Waals surface area (Å²) in [5.41, 5.74) is 2.42. The number of quaternary nitrogens is 1. The zero-order chi connectivity index (χ0) is 20.3. The molecule has 1 aromatic carbocycles. The van der Waals surface area contributed by atoms with Crippen LogP contribution >= 0.6 is 11.3 Å². The number of aliphatic hydroxyl groups excluding tert-OH is 1. The van der Waals surface area contributed by atoms with Crippen molar-refractivity contribution in [3.05, 3.63) is 41.5 Å². The normalized spacial score (nSPS) is 20.7. The maximum Gasteiger partial charge on any atom is 0.187 e. The molecule has 3 aromatic rings. The number of fused-ring (bicyclic) bond motifs is 1. The average molecular weight is 424 g/mol. The van der Waals surface area contributed by atoms with Gasteiger partial charge in [-0.2, -0.15) is 0 Å². The molecule has 0 unspecified atom stereocenters. The van der Waals surface area contributed by atoms with Gasteiger partial charge in [0.05, 0.1) is 31.1 Å². The van der Waals surface area contributed by atoms with Crippen LogP contribution in [0, 0.1) is 0 Å². The summed E-state index contributed by atoms with van der Waals surface area (Å²) in [6.07, 6.45) is 7.32. The summed E-state index contributed by atoms with van der Waals surface area (Å²) in [4.78, 5) is 15.2. The number of hydrogen-bond acceptors (Lipinski definition) is 5. The number of rotatable bonds is 5. The van der Waals surface area contributed by atoms with Gasteiger partial charge in [-0.3, -0.25) is 0 Å². The van der Waals surface area contributed by atoms with E-state index in [9.17, 15) is 5.11 Å². The van der Waals surface area contributed by atoms with Gasteiger partial charge in [-0.1, -0.05) is 30.3 Å². The van der Waals surface area contributed by atoms with E-state index in [0.29, 0.717) is 0 Å². The highest BCUT2D eigenvalue weighted by Gasteiger charge is 2.28. The summed E-state index contributed by atoms with van der Waals surface area (Å²) in [7, 11) is 0. The van der Waals surface area contributed by atoms with E-state index in [2.05, 4.69) is 40.6 Å². The number of anilines is 1. The number of aliphatic hydroxyl groups is 1. The zero-order valence-electron chi connectivity index (χ0n) is 17.5. The number of aromatic nitrogens is 2. The lowest BCUT2D eigenvalue weighted by atomic mass is 10.0. The minimum Gasteiger partial charge on any atom is -0.394 e. The Morgan fingerprint density at radius 2 is 1.87 bits per heavy atom. The monoisotopic (exact) mass is 423 g/mol. The van der Waals surface area contributed by atoms with Crippen LogP contribution in [0.3, 0.4) is 0 Å². The molecule has 2 N–H and O–H groups in total. The molecule has 0 bridgehead atoms. The third-order valence-corrected chi connectivity index (χ3v) is 7.50. The van der Waals surface area contributed by atoms with Crippen LogP contribution in [0.2, 0.25) is 0 Å². The molecular formula is C24H31N4OS+. The number of nitrogens with one attached hydrogen (secondary N) is 1. The standard InChI is InChI=1S/C24H30N4OS/c29-16-19-11-5-8-14-28(19)23-22-20(18-9-3-1-4-10-18)17-30-24(22)26-21(25-23)15-27-12-6-2-7-13-27/h1,3-4,9-10,17,19,29H,2,5-8,11-16H2/p+1/t19-/m1/s1. The van der Waals surface area contributed by atoms with Crippen molar-refractivity contribution in [3.63, 3.8) is 0 Å². The lowest BCUT2D eigenvalue weighted by molar-refractivity contribution is -0.919. The molecule has 0 saturated carbocycles. The van der Waals surface area contributed by atoms with Crippen molar-refractivity contribution in [1.29, 1.82) is 0 Å². The Balaban J connectivity index is 1.61. The van der Waals surface area contributed by atoms with Crippen molar-refractivity contribution in [2.24, 2.45) is 0 Å². The van der Waals surface area contributed by atoms with Crippen molar-refractivity contribution in [2.45, 2.75) is 51.1 Å². The maximum atomic E-state index is 10.1. The second-order valence-electron chi connectivity index (χ2n) is 8.67. The molecule has 0 aliphatic carbocycles. The first kappa shape index (κ1) is 19.9. The summed E-state index contributed by atoms with van der Waals surface area (Å²) in [5.74, 6) is 1.99. The van der Waals surface area contributed by atoms with Crippen molar-refractivity contribution >= 4 is 27.4 Å². The molecule has 158 valence electrons. The molecule has 5 nitrogen and oxygen atoms in total. The van der Waals surface area contributed by atoms with Crippen molar-refractivity contribution < 1.29 is 10.0 Å². The smallest absolute Gasteiger partial charge is 0.187 e. The van der Waals surface area contributed by atoms with Gasteiger partial charge in [0, 0.05) is 17.5 Å². The van der Waals surface area contributed by atoms with Crippen LogP contribution in [-0.2, 0) is 6.54 Å². The maximum absolute atomic E-state index is 10.1. The van der Waals surface area contributed by atoms with Gasteiger partial charge in [-0.15, -0.1) is 11.3 Å². The van der Waals surface area contributed by atoms with Crippen LogP contribution in [-0.4, -0.2) is 47.4 Å². The molecule has 2 aliphatic heterocycles. The van der Waals surface area contributed by atoms with Gasteiger partial charge in [-0.25, -0.2) is 9.97 Å². The fourth-order valence-corrected chi connectivity index (χ4v) is 5.97. The summed E-state index contributed by atoms with van der Waals surface area (Å²) >= 11 is 1.72. The SMILES string of the molecule is OC[C@H]1CCCCN1c1nc(C[NH+]2CCCCC2)nc2scc(-c3ccccc3)c12. The fourth-order valence-electron chi connectivity index (χ4n) is 5.00. The Kier molecular flexibility index (Phi) is 5.97. The van der Waals surface area contributed by atoms with Crippen LogP contribution in [0.25, 0.3) is 21.3 Å². The summed E-state index contributed by atoms with van der Waals surface area (Å²) in [6, 6.07) is 10.7. The number of benzene rings is 1. The minimum absolute atomic E-state index is 0.149. The molecule has 2 fully saturated rings. The third-order valence-electron chi connectivity index (χ3n) is 6.62. The van der Waals surface area contributed by atoms with Gasteiger partial charge < -0.3 is 14.9 Å². The lowest BCUT2D eigenvalue weighted by Gasteiger charge is -2.36. The quantitative estimate of drug-likeness (QED) is 0.661. The number of piperidine rings is 2. The first-order valence-corrected chi connectivity index (χ1v) is 12.3. The van der Waals surface area contributed by atoms with Crippen LogP contribution in [0.15, 0.2) is 35.7 Å².